The SMILES string of the molecule is CCC(Nc1cccc(OC)c1)C(=O)NCCc1nnc(N)s1. The van der Waals surface area contributed by atoms with E-state index < -0.39 is 0 Å². The number of nitrogens with two attached hydrogens (primary N) is 1. The summed E-state index contributed by atoms with van der Waals surface area (Å²) >= 11 is 1.34. The molecule has 0 aliphatic carbocycles. The van der Waals surface area contributed by atoms with Gasteiger partial charge in [-0.1, -0.05) is 24.3 Å². The van der Waals surface area contributed by atoms with Gasteiger partial charge in [0.1, 0.15) is 16.8 Å². The van der Waals surface area contributed by atoms with Gasteiger partial charge in [-0.3, -0.25) is 4.79 Å². The molecule has 1 aromatic carbocycles. The highest BCUT2D eigenvalue weighted by molar-refractivity contribution is 7.15. The fraction of sp³-hybridized carbons (Fsp3) is 0.400. The van der Waals surface area contributed by atoms with E-state index in [0.717, 1.165) is 16.4 Å². The minimum Gasteiger partial charge on any atom is -0.497 e. The van der Waals surface area contributed by atoms with E-state index in [9.17, 15) is 4.79 Å². The fourth-order valence-corrected chi connectivity index (χ4v) is 2.66. The number of rotatable bonds is 8. The summed E-state index contributed by atoms with van der Waals surface area (Å²) in [5, 5.41) is 15.1. The van der Waals surface area contributed by atoms with E-state index in [4.69, 9.17) is 10.5 Å². The summed E-state index contributed by atoms with van der Waals surface area (Å²) in [5.41, 5.74) is 6.38. The van der Waals surface area contributed by atoms with Crippen molar-refractivity contribution in [2.45, 2.75) is 25.8 Å². The monoisotopic (exact) mass is 335 g/mol. The molecule has 1 aromatic heterocycles. The number of nitrogens with one attached hydrogen (secondary N) is 2. The van der Waals surface area contributed by atoms with Crippen molar-refractivity contribution in [3.63, 3.8) is 0 Å². The Labute approximate surface area is 139 Å². The standard InChI is InChI=1S/C15H21N5O2S/c1-3-12(18-10-5-4-6-11(9-10)22-2)14(21)17-8-7-13-19-20-15(16)23-13/h4-6,9,12,18H,3,7-8H2,1-2H3,(H2,16,20)(H,17,21). The van der Waals surface area contributed by atoms with Gasteiger partial charge in [0.05, 0.1) is 7.11 Å². The second kappa shape index (κ2) is 8.33. The first-order chi connectivity index (χ1) is 11.1. The third kappa shape index (κ3) is 5.10. The molecule has 0 radical (unpaired) electrons. The highest BCUT2D eigenvalue weighted by Gasteiger charge is 2.16. The van der Waals surface area contributed by atoms with Gasteiger partial charge in [0.15, 0.2) is 0 Å². The summed E-state index contributed by atoms with van der Waals surface area (Å²) < 4.78 is 5.18. The van der Waals surface area contributed by atoms with Crippen molar-refractivity contribution in [2.24, 2.45) is 0 Å². The van der Waals surface area contributed by atoms with Gasteiger partial charge < -0.3 is 21.1 Å². The lowest BCUT2D eigenvalue weighted by Gasteiger charge is -2.18. The van der Waals surface area contributed by atoms with Gasteiger partial charge in [-0.25, -0.2) is 0 Å². The Morgan fingerprint density at radius 2 is 2.26 bits per heavy atom. The number of hydrogen-bond acceptors (Lipinski definition) is 7. The number of nitrogens with zero attached hydrogens (tertiary/aromatic N) is 2. The molecule has 1 heterocycles. The summed E-state index contributed by atoms with van der Waals surface area (Å²) in [7, 11) is 1.61. The van der Waals surface area contributed by atoms with Crippen LogP contribution in [0.2, 0.25) is 0 Å². The number of aromatic nitrogens is 2. The number of carbonyl (C=O) groups is 1. The first-order valence-electron chi connectivity index (χ1n) is 7.38. The van der Waals surface area contributed by atoms with Crippen LogP contribution in [0, 0.1) is 0 Å². The van der Waals surface area contributed by atoms with E-state index in [-0.39, 0.29) is 11.9 Å². The molecule has 124 valence electrons. The zero-order valence-electron chi connectivity index (χ0n) is 13.2. The van der Waals surface area contributed by atoms with Gasteiger partial charge in [0, 0.05) is 24.7 Å². The highest BCUT2D eigenvalue weighted by Crippen LogP contribution is 2.18. The lowest BCUT2D eigenvalue weighted by atomic mass is 10.2. The number of nitrogen functional groups attached to an aromatic ring is 1. The molecule has 23 heavy (non-hydrogen) atoms. The molecule has 1 amide bonds. The molecule has 7 nitrogen and oxygen atoms in total. The summed E-state index contributed by atoms with van der Waals surface area (Å²) in [6.45, 7) is 2.46. The number of hydrogen-bond donors (Lipinski definition) is 3. The molecule has 0 spiro atoms. The van der Waals surface area contributed by atoms with Crippen LogP contribution < -0.4 is 21.1 Å². The summed E-state index contributed by atoms with van der Waals surface area (Å²) in [6.07, 6.45) is 1.30. The van der Waals surface area contributed by atoms with Gasteiger partial charge in [0.25, 0.3) is 0 Å². The number of methoxy groups -OCH3 is 1. The van der Waals surface area contributed by atoms with E-state index in [1.54, 1.807) is 7.11 Å². The quantitative estimate of drug-likeness (QED) is 0.678. The topological polar surface area (TPSA) is 102 Å². The van der Waals surface area contributed by atoms with E-state index in [0.29, 0.717) is 24.5 Å². The second-order valence-electron chi connectivity index (χ2n) is 4.91. The molecule has 8 heteroatoms. The normalized spacial score (nSPS) is 11.7. The Morgan fingerprint density at radius 1 is 1.43 bits per heavy atom. The molecule has 0 bridgehead atoms. The first-order valence-corrected chi connectivity index (χ1v) is 8.20. The predicted molar refractivity (Wildman–Crippen MR) is 91.7 cm³/mol. The number of benzene rings is 1. The Bertz CT molecular complexity index is 646. The molecule has 0 fully saturated rings. The lowest BCUT2D eigenvalue weighted by molar-refractivity contribution is -0.121. The number of anilines is 2. The average molecular weight is 335 g/mol. The third-order valence-corrected chi connectivity index (χ3v) is 4.07. The second-order valence-corrected chi connectivity index (χ2v) is 6.01. The van der Waals surface area contributed by atoms with Crippen molar-refractivity contribution < 1.29 is 9.53 Å². The largest absolute Gasteiger partial charge is 0.497 e. The first kappa shape index (κ1) is 17.0. The van der Waals surface area contributed by atoms with Crippen molar-refractivity contribution in [1.82, 2.24) is 15.5 Å². The fourth-order valence-electron chi connectivity index (χ4n) is 2.05. The zero-order chi connectivity index (χ0) is 16.7. The summed E-state index contributed by atoms with van der Waals surface area (Å²) in [5.74, 6) is 0.701. The van der Waals surface area contributed by atoms with Gasteiger partial charge in [-0.05, 0) is 18.6 Å². The van der Waals surface area contributed by atoms with Crippen LogP contribution in [0.5, 0.6) is 5.75 Å². The Kier molecular flexibility index (Phi) is 6.16. The molecule has 2 aromatic rings. The number of carbonyl (C=O) groups excluding carboxylic acids is 1. The summed E-state index contributed by atoms with van der Waals surface area (Å²) in [6, 6.07) is 7.20. The van der Waals surface area contributed by atoms with Crippen molar-refractivity contribution in [3.8, 4) is 5.75 Å². The molecule has 0 aliphatic rings. The van der Waals surface area contributed by atoms with Crippen LogP contribution >= 0.6 is 11.3 Å². The van der Waals surface area contributed by atoms with Crippen LogP contribution in [0.15, 0.2) is 24.3 Å². The maximum atomic E-state index is 12.3. The molecule has 1 unspecified atom stereocenters. The van der Waals surface area contributed by atoms with Crippen LogP contribution in [0.4, 0.5) is 10.8 Å². The van der Waals surface area contributed by atoms with E-state index in [1.807, 2.05) is 31.2 Å². The molecule has 0 saturated carbocycles. The van der Waals surface area contributed by atoms with E-state index >= 15 is 0 Å². The van der Waals surface area contributed by atoms with Gasteiger partial charge in [0.2, 0.25) is 11.0 Å². The molecule has 0 aliphatic heterocycles. The van der Waals surface area contributed by atoms with E-state index in [2.05, 4.69) is 20.8 Å². The molecular formula is C15H21N5O2S. The zero-order valence-corrected chi connectivity index (χ0v) is 14.0. The Morgan fingerprint density at radius 3 is 2.91 bits per heavy atom. The number of amides is 1. The van der Waals surface area contributed by atoms with Crippen LogP contribution in [-0.4, -0.2) is 35.8 Å². The molecular weight excluding hydrogens is 314 g/mol. The molecule has 2 rings (SSSR count). The molecule has 1 atom stereocenters. The highest BCUT2D eigenvalue weighted by atomic mass is 32.1. The predicted octanol–water partition coefficient (Wildman–Crippen LogP) is 1.68. The Balaban J connectivity index is 1.85. The Hall–Kier alpha value is -2.35. The smallest absolute Gasteiger partial charge is 0.242 e. The molecule has 0 saturated heterocycles. The van der Waals surface area contributed by atoms with Gasteiger partial charge in [-0.15, -0.1) is 10.2 Å². The van der Waals surface area contributed by atoms with Gasteiger partial charge in [-0.2, -0.15) is 0 Å². The van der Waals surface area contributed by atoms with Gasteiger partial charge >= 0.3 is 0 Å². The number of ether oxygens (including phenoxy) is 1. The minimum atomic E-state index is -0.304. The van der Waals surface area contributed by atoms with Crippen molar-refractivity contribution in [1.29, 1.82) is 0 Å². The van der Waals surface area contributed by atoms with Crippen molar-refractivity contribution in [2.75, 3.05) is 24.7 Å². The maximum Gasteiger partial charge on any atom is 0.242 e. The average Bonchev–Trinajstić information content (AvgIpc) is 2.98. The van der Waals surface area contributed by atoms with Crippen LogP contribution in [0.25, 0.3) is 0 Å². The molecule has 4 N–H and O–H groups in total. The van der Waals surface area contributed by atoms with E-state index in [1.165, 1.54) is 11.3 Å². The summed E-state index contributed by atoms with van der Waals surface area (Å²) in [4.78, 5) is 12.3. The van der Waals surface area contributed by atoms with Crippen LogP contribution in [-0.2, 0) is 11.2 Å². The maximum absolute atomic E-state index is 12.3. The minimum absolute atomic E-state index is 0.0483. The van der Waals surface area contributed by atoms with Crippen LogP contribution in [0.3, 0.4) is 0 Å². The van der Waals surface area contributed by atoms with Crippen molar-refractivity contribution in [3.05, 3.63) is 29.3 Å². The van der Waals surface area contributed by atoms with Crippen molar-refractivity contribution >= 4 is 28.1 Å². The lowest BCUT2D eigenvalue weighted by Crippen LogP contribution is -2.40. The van der Waals surface area contributed by atoms with Crippen LogP contribution in [0.1, 0.15) is 18.4 Å². The third-order valence-electron chi connectivity index (χ3n) is 3.26.